The van der Waals surface area contributed by atoms with Gasteiger partial charge in [0.15, 0.2) is 0 Å². The lowest BCUT2D eigenvalue weighted by atomic mass is 10.0. The van der Waals surface area contributed by atoms with E-state index in [1.165, 1.54) is 0 Å². The predicted octanol–water partition coefficient (Wildman–Crippen LogP) is 2.16. The first-order chi connectivity index (χ1) is 7.95. The van der Waals surface area contributed by atoms with Crippen molar-refractivity contribution in [2.75, 3.05) is 11.9 Å². The van der Waals surface area contributed by atoms with Crippen LogP contribution in [0, 0.1) is 21.8 Å². The molecule has 0 heterocycles. The molecular weight excluding hydrogens is 227 g/mol. The Balaban J connectivity index is 3.03. The second-order valence-electron chi connectivity index (χ2n) is 4.10. The minimum Gasteiger partial charge on any atom is -0.394 e. The molecule has 0 aliphatic rings. The van der Waals surface area contributed by atoms with E-state index < -0.39 is 10.7 Å². The summed E-state index contributed by atoms with van der Waals surface area (Å²) in [4.78, 5) is 10.2. The number of halogens is 1. The smallest absolute Gasteiger partial charge is 0.292 e. The molecule has 0 aliphatic heterocycles. The van der Waals surface area contributed by atoms with Crippen molar-refractivity contribution in [1.82, 2.24) is 0 Å². The first-order valence-electron chi connectivity index (χ1n) is 5.27. The third kappa shape index (κ3) is 3.39. The Kier molecular flexibility index (Phi) is 4.39. The Hall–Kier alpha value is -1.69. The fourth-order valence-corrected chi connectivity index (χ4v) is 1.41. The summed E-state index contributed by atoms with van der Waals surface area (Å²) in [6, 6.07) is 2.85. The number of benzene rings is 1. The van der Waals surface area contributed by atoms with Gasteiger partial charge in [0.2, 0.25) is 0 Å². The van der Waals surface area contributed by atoms with E-state index in [1.807, 2.05) is 13.8 Å². The summed E-state index contributed by atoms with van der Waals surface area (Å²) < 4.78 is 13.0. The van der Waals surface area contributed by atoms with Crippen LogP contribution in [0.3, 0.4) is 0 Å². The number of nitrogens with one attached hydrogen (secondary N) is 1. The maximum atomic E-state index is 13.0. The number of nitro benzene ring substituents is 1. The van der Waals surface area contributed by atoms with Gasteiger partial charge in [0.1, 0.15) is 11.5 Å². The second-order valence-corrected chi connectivity index (χ2v) is 4.10. The SMILES string of the molecule is CC(C)C(CO)Nc1cc(F)ccc1[N+](=O)[O-]. The van der Waals surface area contributed by atoms with Crippen LogP contribution in [0.25, 0.3) is 0 Å². The Morgan fingerprint density at radius 2 is 2.18 bits per heavy atom. The molecule has 0 bridgehead atoms. The van der Waals surface area contributed by atoms with E-state index >= 15 is 0 Å². The van der Waals surface area contributed by atoms with E-state index in [0.717, 1.165) is 18.2 Å². The molecule has 1 rings (SSSR count). The van der Waals surface area contributed by atoms with Crippen molar-refractivity contribution in [3.63, 3.8) is 0 Å². The van der Waals surface area contributed by atoms with Crippen LogP contribution in [0.1, 0.15) is 13.8 Å². The number of hydrogen-bond acceptors (Lipinski definition) is 4. The highest BCUT2D eigenvalue weighted by molar-refractivity contribution is 5.61. The lowest BCUT2D eigenvalue weighted by Gasteiger charge is -2.20. The number of nitro groups is 1. The first kappa shape index (κ1) is 13.4. The maximum absolute atomic E-state index is 13.0. The van der Waals surface area contributed by atoms with Gasteiger partial charge in [-0.25, -0.2) is 4.39 Å². The van der Waals surface area contributed by atoms with E-state index in [9.17, 15) is 14.5 Å². The zero-order valence-electron chi connectivity index (χ0n) is 9.68. The van der Waals surface area contributed by atoms with Gasteiger partial charge in [-0.05, 0) is 12.0 Å². The average molecular weight is 242 g/mol. The van der Waals surface area contributed by atoms with Crippen LogP contribution in [-0.4, -0.2) is 22.7 Å². The summed E-state index contributed by atoms with van der Waals surface area (Å²) in [6.07, 6.45) is 0. The van der Waals surface area contributed by atoms with Gasteiger partial charge in [-0.15, -0.1) is 0 Å². The summed E-state index contributed by atoms with van der Waals surface area (Å²) in [5.41, 5.74) is -0.117. The van der Waals surface area contributed by atoms with Crippen molar-refractivity contribution < 1.29 is 14.4 Å². The highest BCUT2D eigenvalue weighted by Crippen LogP contribution is 2.26. The third-order valence-electron chi connectivity index (χ3n) is 2.50. The monoisotopic (exact) mass is 242 g/mol. The molecule has 2 N–H and O–H groups in total. The molecule has 6 heteroatoms. The molecule has 5 nitrogen and oxygen atoms in total. The number of nitrogens with zero attached hydrogens (tertiary/aromatic N) is 1. The molecule has 1 atom stereocenters. The number of anilines is 1. The minimum absolute atomic E-state index is 0.0721. The van der Waals surface area contributed by atoms with E-state index in [2.05, 4.69) is 5.32 Å². The molecule has 0 aliphatic carbocycles. The van der Waals surface area contributed by atoms with Gasteiger partial charge >= 0.3 is 0 Å². The standard InChI is InChI=1S/C11H15FN2O3/c1-7(2)10(6-15)13-9-5-8(12)3-4-11(9)14(16)17/h3-5,7,10,13,15H,6H2,1-2H3. The van der Waals surface area contributed by atoms with Crippen LogP contribution in [-0.2, 0) is 0 Å². The molecule has 17 heavy (non-hydrogen) atoms. The fraction of sp³-hybridized carbons (Fsp3) is 0.455. The third-order valence-corrected chi connectivity index (χ3v) is 2.50. The number of aliphatic hydroxyl groups excluding tert-OH is 1. The van der Waals surface area contributed by atoms with Crippen molar-refractivity contribution in [3.05, 3.63) is 34.1 Å². The van der Waals surface area contributed by atoms with Gasteiger partial charge in [-0.3, -0.25) is 10.1 Å². The summed E-state index contributed by atoms with van der Waals surface area (Å²) in [5, 5.41) is 22.7. The van der Waals surface area contributed by atoms with E-state index in [-0.39, 0.29) is 29.9 Å². The summed E-state index contributed by atoms with van der Waals surface area (Å²) in [6.45, 7) is 3.55. The molecule has 0 aromatic heterocycles. The Bertz CT molecular complexity index is 410. The molecule has 1 unspecified atom stereocenters. The zero-order valence-corrected chi connectivity index (χ0v) is 9.68. The second kappa shape index (κ2) is 5.58. The number of aliphatic hydroxyl groups is 1. The predicted molar refractivity (Wildman–Crippen MR) is 62.4 cm³/mol. The number of rotatable bonds is 5. The summed E-state index contributed by atoms with van der Waals surface area (Å²) >= 11 is 0. The Morgan fingerprint density at radius 1 is 1.53 bits per heavy atom. The van der Waals surface area contributed by atoms with Gasteiger partial charge < -0.3 is 10.4 Å². The van der Waals surface area contributed by atoms with E-state index in [1.54, 1.807) is 0 Å². The summed E-state index contributed by atoms with van der Waals surface area (Å²) in [5.74, 6) is -0.485. The van der Waals surface area contributed by atoms with Crippen molar-refractivity contribution in [3.8, 4) is 0 Å². The van der Waals surface area contributed by atoms with Gasteiger partial charge in [-0.2, -0.15) is 0 Å². The zero-order chi connectivity index (χ0) is 13.0. The lowest BCUT2D eigenvalue weighted by Crippen LogP contribution is -2.29. The van der Waals surface area contributed by atoms with Crippen molar-refractivity contribution >= 4 is 11.4 Å². The summed E-state index contributed by atoms with van der Waals surface area (Å²) in [7, 11) is 0. The molecule has 0 fully saturated rings. The maximum Gasteiger partial charge on any atom is 0.292 e. The van der Waals surface area contributed by atoms with E-state index in [4.69, 9.17) is 5.11 Å². The molecule has 0 spiro atoms. The quantitative estimate of drug-likeness (QED) is 0.612. The van der Waals surface area contributed by atoms with Crippen LogP contribution < -0.4 is 5.32 Å². The molecule has 0 saturated carbocycles. The molecule has 1 aromatic carbocycles. The van der Waals surface area contributed by atoms with Crippen LogP contribution in [0.15, 0.2) is 18.2 Å². The average Bonchev–Trinajstić information content (AvgIpc) is 2.25. The molecule has 0 radical (unpaired) electrons. The van der Waals surface area contributed by atoms with Crippen LogP contribution in [0.4, 0.5) is 15.8 Å². The fourth-order valence-electron chi connectivity index (χ4n) is 1.41. The van der Waals surface area contributed by atoms with Gasteiger partial charge in [-0.1, -0.05) is 13.8 Å². The number of hydrogen-bond donors (Lipinski definition) is 2. The lowest BCUT2D eigenvalue weighted by molar-refractivity contribution is -0.384. The van der Waals surface area contributed by atoms with Crippen molar-refractivity contribution in [2.45, 2.75) is 19.9 Å². The van der Waals surface area contributed by atoms with Crippen LogP contribution in [0.5, 0.6) is 0 Å². The molecule has 0 saturated heterocycles. The molecule has 94 valence electrons. The molecule has 1 aromatic rings. The Morgan fingerprint density at radius 3 is 2.65 bits per heavy atom. The minimum atomic E-state index is -0.587. The highest BCUT2D eigenvalue weighted by Gasteiger charge is 2.19. The molecular formula is C11H15FN2O3. The van der Waals surface area contributed by atoms with Crippen LogP contribution in [0.2, 0.25) is 0 Å². The van der Waals surface area contributed by atoms with Gasteiger partial charge in [0.05, 0.1) is 17.6 Å². The van der Waals surface area contributed by atoms with E-state index in [0.29, 0.717) is 0 Å². The molecule has 0 amide bonds. The van der Waals surface area contributed by atoms with Crippen molar-refractivity contribution in [1.29, 1.82) is 0 Å². The Labute approximate surface area is 98.4 Å². The van der Waals surface area contributed by atoms with Gasteiger partial charge in [0, 0.05) is 12.1 Å². The highest BCUT2D eigenvalue weighted by atomic mass is 19.1. The first-order valence-corrected chi connectivity index (χ1v) is 5.27. The van der Waals surface area contributed by atoms with Crippen molar-refractivity contribution in [2.24, 2.45) is 5.92 Å². The topological polar surface area (TPSA) is 75.4 Å². The van der Waals surface area contributed by atoms with Gasteiger partial charge in [0.25, 0.3) is 5.69 Å². The van der Waals surface area contributed by atoms with Crippen LogP contribution >= 0.6 is 0 Å². The largest absolute Gasteiger partial charge is 0.394 e. The normalized spacial score (nSPS) is 12.5.